The smallest absolute Gasteiger partial charge is 0.323 e. The third kappa shape index (κ3) is 3.95. The van der Waals surface area contributed by atoms with Crippen molar-refractivity contribution in [1.82, 2.24) is 15.0 Å². The lowest BCUT2D eigenvalue weighted by Crippen LogP contribution is -2.12. The molecule has 0 radical (unpaired) electrons. The van der Waals surface area contributed by atoms with Crippen LogP contribution in [0.25, 0.3) is 0 Å². The van der Waals surface area contributed by atoms with Gasteiger partial charge in [-0.1, -0.05) is 0 Å². The summed E-state index contributed by atoms with van der Waals surface area (Å²) in [7, 11) is 1.63. The third-order valence-electron chi connectivity index (χ3n) is 2.65. The number of hydrogen-bond acceptors (Lipinski definition) is 7. The van der Waals surface area contributed by atoms with Crippen molar-refractivity contribution in [3.05, 3.63) is 23.8 Å². The van der Waals surface area contributed by atoms with Crippen LogP contribution in [0.1, 0.15) is 19.4 Å². The van der Waals surface area contributed by atoms with E-state index in [-0.39, 0.29) is 18.1 Å². The summed E-state index contributed by atoms with van der Waals surface area (Å²) in [5.74, 6) is 1.23. The monoisotopic (exact) mass is 289 g/mol. The topological polar surface area (TPSA) is 95.2 Å². The first-order valence-electron chi connectivity index (χ1n) is 6.58. The lowest BCUT2D eigenvalue weighted by molar-refractivity contribution is 0.222. The van der Waals surface area contributed by atoms with E-state index in [0.717, 1.165) is 17.0 Å². The summed E-state index contributed by atoms with van der Waals surface area (Å²) in [6.07, 6.45) is -0.0395. The second-order valence-corrected chi connectivity index (χ2v) is 4.77. The van der Waals surface area contributed by atoms with Gasteiger partial charge in [-0.15, -0.1) is 0 Å². The molecule has 2 rings (SSSR count). The molecule has 0 fully saturated rings. The normalized spacial score (nSPS) is 10.5. The van der Waals surface area contributed by atoms with Crippen LogP contribution >= 0.6 is 0 Å². The Morgan fingerprint density at radius 3 is 2.57 bits per heavy atom. The van der Waals surface area contributed by atoms with Crippen molar-refractivity contribution >= 4 is 17.6 Å². The zero-order chi connectivity index (χ0) is 15.4. The maximum absolute atomic E-state index is 5.67. The number of ether oxygens (including phenoxy) is 2. The van der Waals surface area contributed by atoms with Crippen LogP contribution in [0, 0.1) is 6.92 Å². The Morgan fingerprint density at radius 1 is 1.19 bits per heavy atom. The lowest BCUT2D eigenvalue weighted by Gasteiger charge is -2.12. The average molecular weight is 289 g/mol. The molecule has 3 N–H and O–H groups in total. The largest absolute Gasteiger partial charge is 0.497 e. The van der Waals surface area contributed by atoms with Crippen molar-refractivity contribution in [3.63, 3.8) is 0 Å². The second-order valence-electron chi connectivity index (χ2n) is 4.77. The molecule has 0 bridgehead atoms. The van der Waals surface area contributed by atoms with Crippen molar-refractivity contribution in [2.24, 2.45) is 0 Å². The maximum atomic E-state index is 5.67. The van der Waals surface area contributed by atoms with Gasteiger partial charge in [0, 0.05) is 5.69 Å². The summed E-state index contributed by atoms with van der Waals surface area (Å²) in [5.41, 5.74) is 7.53. The van der Waals surface area contributed by atoms with Gasteiger partial charge in [-0.05, 0) is 44.5 Å². The van der Waals surface area contributed by atoms with E-state index < -0.39 is 0 Å². The predicted molar refractivity (Wildman–Crippen MR) is 81.0 cm³/mol. The minimum atomic E-state index is -0.0395. The van der Waals surface area contributed by atoms with Gasteiger partial charge < -0.3 is 20.5 Å². The third-order valence-corrected chi connectivity index (χ3v) is 2.65. The van der Waals surface area contributed by atoms with Crippen molar-refractivity contribution in [2.75, 3.05) is 18.2 Å². The molecule has 21 heavy (non-hydrogen) atoms. The number of nitrogens with zero attached hydrogens (tertiary/aromatic N) is 3. The summed E-state index contributed by atoms with van der Waals surface area (Å²) in [6, 6.07) is 5.85. The van der Waals surface area contributed by atoms with Crippen molar-refractivity contribution in [1.29, 1.82) is 0 Å². The quantitative estimate of drug-likeness (QED) is 0.871. The summed E-state index contributed by atoms with van der Waals surface area (Å²) < 4.78 is 10.6. The number of nitrogens with two attached hydrogens (primary N) is 1. The fourth-order valence-electron chi connectivity index (χ4n) is 1.72. The molecule has 0 saturated heterocycles. The predicted octanol–water partition coefficient (Wildman–Crippen LogP) is 2.30. The maximum Gasteiger partial charge on any atom is 0.323 e. The standard InChI is InChI=1S/C14H19N5O2/c1-8(2)21-14-18-12(15)17-13(19-14)16-11-6-5-10(20-4)7-9(11)3/h5-8H,1-4H3,(H3,15,16,17,18,19). The molecule has 0 aliphatic heterocycles. The summed E-state index contributed by atoms with van der Waals surface area (Å²) >= 11 is 0. The van der Waals surface area contributed by atoms with Crippen LogP contribution in [-0.4, -0.2) is 28.2 Å². The van der Waals surface area contributed by atoms with Crippen LogP contribution in [0.5, 0.6) is 11.8 Å². The molecule has 2 aromatic rings. The second kappa shape index (κ2) is 6.25. The van der Waals surface area contributed by atoms with Gasteiger partial charge in [-0.2, -0.15) is 15.0 Å². The first-order valence-corrected chi connectivity index (χ1v) is 6.58. The number of nitrogen functional groups attached to an aromatic ring is 1. The van der Waals surface area contributed by atoms with Gasteiger partial charge in [-0.3, -0.25) is 0 Å². The van der Waals surface area contributed by atoms with Crippen molar-refractivity contribution < 1.29 is 9.47 Å². The Labute approximate surface area is 123 Å². The van der Waals surface area contributed by atoms with Gasteiger partial charge in [-0.25, -0.2) is 0 Å². The molecule has 1 aromatic heterocycles. The van der Waals surface area contributed by atoms with Gasteiger partial charge in [0.1, 0.15) is 5.75 Å². The highest BCUT2D eigenvalue weighted by molar-refractivity contribution is 5.60. The molecule has 7 heteroatoms. The van der Waals surface area contributed by atoms with Crippen LogP contribution in [0.4, 0.5) is 17.6 Å². The molecule has 0 aliphatic carbocycles. The van der Waals surface area contributed by atoms with Crippen LogP contribution in [0.3, 0.4) is 0 Å². The molecular weight excluding hydrogens is 270 g/mol. The number of aromatic nitrogens is 3. The number of methoxy groups -OCH3 is 1. The molecule has 0 spiro atoms. The summed E-state index contributed by atoms with van der Waals surface area (Å²) in [5, 5.41) is 3.10. The van der Waals surface area contributed by atoms with Gasteiger partial charge >= 0.3 is 6.01 Å². The van der Waals surface area contributed by atoms with Gasteiger partial charge in [0.15, 0.2) is 0 Å². The molecule has 0 atom stereocenters. The number of anilines is 3. The molecule has 0 amide bonds. The Kier molecular flexibility index (Phi) is 4.42. The van der Waals surface area contributed by atoms with Crippen LogP contribution < -0.4 is 20.5 Å². The van der Waals surface area contributed by atoms with Gasteiger partial charge in [0.05, 0.1) is 13.2 Å². The number of hydrogen-bond donors (Lipinski definition) is 2. The van der Waals surface area contributed by atoms with E-state index in [1.165, 1.54) is 0 Å². The Balaban J connectivity index is 2.24. The zero-order valence-corrected chi connectivity index (χ0v) is 12.5. The molecule has 1 aromatic carbocycles. The highest BCUT2D eigenvalue weighted by Gasteiger charge is 2.09. The van der Waals surface area contributed by atoms with Crippen LogP contribution in [0.2, 0.25) is 0 Å². The molecule has 112 valence electrons. The number of rotatable bonds is 5. The minimum absolute atomic E-state index is 0.0395. The molecular formula is C14H19N5O2. The molecule has 7 nitrogen and oxygen atoms in total. The molecule has 0 saturated carbocycles. The Bertz CT molecular complexity index is 631. The van der Waals surface area contributed by atoms with E-state index in [0.29, 0.717) is 5.95 Å². The van der Waals surface area contributed by atoms with E-state index >= 15 is 0 Å². The molecule has 0 unspecified atom stereocenters. The first kappa shape index (κ1) is 14.8. The van der Waals surface area contributed by atoms with E-state index in [2.05, 4.69) is 20.3 Å². The zero-order valence-electron chi connectivity index (χ0n) is 12.5. The summed E-state index contributed by atoms with van der Waals surface area (Å²) in [6.45, 7) is 5.74. The van der Waals surface area contributed by atoms with Gasteiger partial charge in [0.2, 0.25) is 11.9 Å². The van der Waals surface area contributed by atoms with E-state index in [1.807, 2.05) is 39.0 Å². The molecule has 1 heterocycles. The van der Waals surface area contributed by atoms with Crippen molar-refractivity contribution in [3.8, 4) is 11.8 Å². The lowest BCUT2D eigenvalue weighted by atomic mass is 10.2. The Hall–Kier alpha value is -2.57. The number of benzene rings is 1. The Morgan fingerprint density at radius 2 is 1.95 bits per heavy atom. The fraction of sp³-hybridized carbons (Fsp3) is 0.357. The van der Waals surface area contributed by atoms with Gasteiger partial charge in [0.25, 0.3) is 0 Å². The highest BCUT2D eigenvalue weighted by atomic mass is 16.5. The van der Waals surface area contributed by atoms with Crippen molar-refractivity contribution in [2.45, 2.75) is 26.9 Å². The SMILES string of the molecule is COc1ccc(Nc2nc(N)nc(OC(C)C)n2)c(C)c1. The first-order chi connectivity index (χ1) is 9.97. The summed E-state index contributed by atoms with van der Waals surface area (Å²) in [4.78, 5) is 12.2. The van der Waals surface area contributed by atoms with E-state index in [4.69, 9.17) is 15.2 Å². The van der Waals surface area contributed by atoms with Crippen LogP contribution in [-0.2, 0) is 0 Å². The number of nitrogens with one attached hydrogen (secondary N) is 1. The molecule has 0 aliphatic rings. The van der Waals surface area contributed by atoms with E-state index in [9.17, 15) is 0 Å². The van der Waals surface area contributed by atoms with Crippen LogP contribution in [0.15, 0.2) is 18.2 Å². The average Bonchev–Trinajstić information content (AvgIpc) is 2.39. The number of aryl methyl sites for hydroxylation is 1. The minimum Gasteiger partial charge on any atom is -0.497 e. The fourth-order valence-corrected chi connectivity index (χ4v) is 1.72. The highest BCUT2D eigenvalue weighted by Crippen LogP contribution is 2.24. The van der Waals surface area contributed by atoms with E-state index in [1.54, 1.807) is 7.11 Å².